The Morgan fingerprint density at radius 2 is 1.97 bits per heavy atom. The number of carbonyl (C=O) groups is 2. The maximum atomic E-state index is 15.5. The first-order chi connectivity index (χ1) is 14.4. The lowest BCUT2D eigenvalue weighted by Crippen LogP contribution is -2.64. The highest BCUT2D eigenvalue weighted by Crippen LogP contribution is 2.70. The summed E-state index contributed by atoms with van der Waals surface area (Å²) in [6.07, 6.45) is 0.872. The van der Waals surface area contributed by atoms with Gasteiger partial charge in [-0.1, -0.05) is 13.8 Å². The molecule has 9 atom stereocenters. The predicted molar refractivity (Wildman–Crippen MR) is 109 cm³/mol. The van der Waals surface area contributed by atoms with Gasteiger partial charge in [0.25, 0.3) is 0 Å². The number of Topliss-reactive ketones (excluding diaryl/α,β-unsaturated/α-hetero) is 1. The number of alkyl halides is 1. The molecule has 4 aliphatic carbocycles. The molecule has 31 heavy (non-hydrogen) atoms. The molecule has 0 aromatic rings. The van der Waals surface area contributed by atoms with Gasteiger partial charge in [0.2, 0.25) is 0 Å². The van der Waals surface area contributed by atoms with Crippen molar-refractivity contribution in [1.82, 2.24) is 0 Å². The van der Waals surface area contributed by atoms with E-state index in [9.17, 15) is 19.8 Å². The molecule has 1 heterocycles. The number of carbonyl (C=O) groups excluding carboxylic acids is 2. The van der Waals surface area contributed by atoms with Crippen LogP contribution in [0.5, 0.6) is 0 Å². The second kappa shape index (κ2) is 6.46. The van der Waals surface area contributed by atoms with Crippen LogP contribution in [0.4, 0.5) is 4.39 Å². The lowest BCUT2D eigenvalue weighted by Gasteiger charge is -2.61. The van der Waals surface area contributed by atoms with Crippen LogP contribution in [0.25, 0.3) is 0 Å². The third-order valence-electron chi connectivity index (χ3n) is 9.42. The summed E-state index contributed by atoms with van der Waals surface area (Å²) in [6.45, 7) is 6.78. The molecule has 0 radical (unpaired) electrons. The zero-order valence-electron chi connectivity index (χ0n) is 18.7. The molecule has 7 heteroatoms. The molecule has 0 aromatic heterocycles. The van der Waals surface area contributed by atoms with Gasteiger partial charge in [-0.25, -0.2) is 4.39 Å². The molecule has 4 fully saturated rings. The van der Waals surface area contributed by atoms with Gasteiger partial charge in [0.1, 0.15) is 12.8 Å². The molecule has 1 unspecified atom stereocenters. The molecule has 172 valence electrons. The standard InChI is InChI=1S/C24H33FO6/c1-21(2)30-19-9-14-13-8-16(25)15-7-12(27)5-6-22(15,3)20(13)17(28)10-23(14,4)24(19,31-21)18(29)11-26/h7,13-14,16-17,19-20,26,28H,5-6,8-11H2,1-4H3/t13?,14-,16-,17-,19+,20+,22-,23-,24+/m0/s1. The molecule has 0 amide bonds. The fourth-order valence-electron chi connectivity index (χ4n) is 8.41. The van der Waals surface area contributed by atoms with Crippen molar-refractivity contribution in [2.45, 2.75) is 89.6 Å². The third-order valence-corrected chi connectivity index (χ3v) is 9.42. The number of rotatable bonds is 2. The van der Waals surface area contributed by atoms with Gasteiger partial charge >= 0.3 is 0 Å². The van der Waals surface area contributed by atoms with E-state index < -0.39 is 53.0 Å². The summed E-state index contributed by atoms with van der Waals surface area (Å²) in [6, 6.07) is 0. The van der Waals surface area contributed by atoms with E-state index in [1.807, 2.05) is 13.8 Å². The molecule has 0 aromatic carbocycles. The first-order valence-electron chi connectivity index (χ1n) is 11.5. The number of aliphatic hydroxyl groups excluding tert-OH is 2. The van der Waals surface area contributed by atoms with Crippen LogP contribution in [0.15, 0.2) is 11.6 Å². The van der Waals surface area contributed by atoms with Crippen LogP contribution in [0.1, 0.15) is 59.8 Å². The van der Waals surface area contributed by atoms with E-state index in [0.717, 1.165) is 0 Å². The van der Waals surface area contributed by atoms with Crippen molar-refractivity contribution in [2.75, 3.05) is 6.61 Å². The minimum atomic E-state index is -1.35. The Bertz CT molecular complexity index is 868. The Morgan fingerprint density at radius 1 is 1.26 bits per heavy atom. The molecule has 1 aliphatic heterocycles. The fourth-order valence-corrected chi connectivity index (χ4v) is 8.41. The van der Waals surface area contributed by atoms with E-state index in [2.05, 4.69) is 0 Å². The third kappa shape index (κ3) is 2.58. The molecule has 3 saturated carbocycles. The average Bonchev–Trinajstić information content (AvgIpc) is 3.08. The monoisotopic (exact) mass is 436 g/mol. The lowest BCUT2D eigenvalue weighted by molar-refractivity contribution is -0.228. The quantitative estimate of drug-likeness (QED) is 0.691. The lowest BCUT2D eigenvalue weighted by atomic mass is 9.45. The van der Waals surface area contributed by atoms with Crippen molar-refractivity contribution in [3.8, 4) is 0 Å². The minimum absolute atomic E-state index is 0.0457. The summed E-state index contributed by atoms with van der Waals surface area (Å²) in [5.74, 6) is -1.90. The minimum Gasteiger partial charge on any atom is -0.393 e. The largest absolute Gasteiger partial charge is 0.393 e. The van der Waals surface area contributed by atoms with Crippen LogP contribution in [0.2, 0.25) is 0 Å². The van der Waals surface area contributed by atoms with Gasteiger partial charge in [-0.2, -0.15) is 0 Å². The Labute approximate surface area is 182 Å². The number of halogens is 1. The number of hydrogen-bond acceptors (Lipinski definition) is 6. The summed E-state index contributed by atoms with van der Waals surface area (Å²) in [7, 11) is 0. The summed E-state index contributed by atoms with van der Waals surface area (Å²) in [5.41, 5.74) is -2.19. The molecular weight excluding hydrogens is 403 g/mol. The van der Waals surface area contributed by atoms with Gasteiger partial charge in [-0.3, -0.25) is 9.59 Å². The molecule has 5 rings (SSSR count). The van der Waals surface area contributed by atoms with Crippen molar-refractivity contribution < 1.29 is 33.7 Å². The molecular formula is C24H33FO6. The average molecular weight is 437 g/mol. The Kier molecular flexibility index (Phi) is 4.52. The second-order valence-corrected chi connectivity index (χ2v) is 11.3. The van der Waals surface area contributed by atoms with Gasteiger partial charge in [0.05, 0.1) is 12.2 Å². The van der Waals surface area contributed by atoms with Crippen LogP contribution in [-0.2, 0) is 19.1 Å². The number of fused-ring (bicyclic) bond motifs is 7. The van der Waals surface area contributed by atoms with Crippen molar-refractivity contribution in [3.63, 3.8) is 0 Å². The van der Waals surface area contributed by atoms with Crippen LogP contribution in [0.3, 0.4) is 0 Å². The molecule has 2 N–H and O–H groups in total. The van der Waals surface area contributed by atoms with Crippen molar-refractivity contribution >= 4 is 11.6 Å². The number of aliphatic hydroxyl groups is 2. The smallest absolute Gasteiger partial charge is 0.193 e. The van der Waals surface area contributed by atoms with Gasteiger partial charge in [0, 0.05) is 11.8 Å². The summed E-state index contributed by atoms with van der Waals surface area (Å²) < 4.78 is 27.9. The molecule has 1 saturated heterocycles. The van der Waals surface area contributed by atoms with Gasteiger partial charge in [-0.05, 0) is 74.3 Å². The van der Waals surface area contributed by atoms with Crippen LogP contribution in [0, 0.1) is 28.6 Å². The normalized spacial score (nSPS) is 52.6. The highest BCUT2D eigenvalue weighted by atomic mass is 19.1. The van der Waals surface area contributed by atoms with Gasteiger partial charge in [0.15, 0.2) is 23.0 Å². The Morgan fingerprint density at radius 3 is 2.65 bits per heavy atom. The highest BCUT2D eigenvalue weighted by molar-refractivity contribution is 5.92. The number of allylic oxidation sites excluding steroid dienone is 1. The van der Waals surface area contributed by atoms with Gasteiger partial charge in [-0.15, -0.1) is 0 Å². The molecule has 5 aliphatic rings. The summed E-state index contributed by atoms with van der Waals surface area (Å²) >= 11 is 0. The van der Waals surface area contributed by atoms with E-state index in [-0.39, 0.29) is 30.0 Å². The SMILES string of the molecule is CC1(C)O[C@@H]2C[C@H]3C4C[C@H](F)C5=CC(=O)CC[C@]5(C)[C@H]4[C@@H](O)C[C@]3(C)[C@]2(C(=O)CO)O1. The van der Waals surface area contributed by atoms with Crippen molar-refractivity contribution in [1.29, 1.82) is 0 Å². The van der Waals surface area contributed by atoms with Crippen LogP contribution < -0.4 is 0 Å². The van der Waals surface area contributed by atoms with Crippen molar-refractivity contribution in [3.05, 3.63) is 11.6 Å². The van der Waals surface area contributed by atoms with E-state index in [1.165, 1.54) is 6.08 Å². The molecule has 0 bridgehead atoms. The zero-order chi connectivity index (χ0) is 22.6. The number of ketones is 2. The van der Waals surface area contributed by atoms with E-state index in [4.69, 9.17) is 9.47 Å². The second-order valence-electron chi connectivity index (χ2n) is 11.3. The molecule has 6 nitrogen and oxygen atoms in total. The van der Waals surface area contributed by atoms with Crippen molar-refractivity contribution in [2.24, 2.45) is 28.6 Å². The highest BCUT2D eigenvalue weighted by Gasteiger charge is 2.77. The van der Waals surface area contributed by atoms with E-state index in [0.29, 0.717) is 31.3 Å². The molecule has 0 spiro atoms. The first-order valence-corrected chi connectivity index (χ1v) is 11.5. The fraction of sp³-hybridized carbons (Fsp3) is 0.833. The first kappa shape index (κ1) is 21.7. The van der Waals surface area contributed by atoms with E-state index >= 15 is 4.39 Å². The number of ether oxygens (including phenoxy) is 2. The summed E-state index contributed by atoms with van der Waals surface area (Å²) in [5, 5.41) is 21.3. The topological polar surface area (TPSA) is 93.1 Å². The predicted octanol–water partition coefficient (Wildman–Crippen LogP) is 2.50. The Hall–Kier alpha value is -1.15. The maximum Gasteiger partial charge on any atom is 0.193 e. The number of hydrogen-bond donors (Lipinski definition) is 2. The van der Waals surface area contributed by atoms with Crippen LogP contribution in [-0.4, -0.2) is 58.2 Å². The Balaban J connectivity index is 1.61. The van der Waals surface area contributed by atoms with E-state index in [1.54, 1.807) is 13.8 Å². The van der Waals surface area contributed by atoms with Gasteiger partial charge < -0.3 is 19.7 Å². The summed E-state index contributed by atoms with van der Waals surface area (Å²) in [4.78, 5) is 25.2. The van der Waals surface area contributed by atoms with Crippen LogP contribution >= 0.6 is 0 Å². The zero-order valence-corrected chi connectivity index (χ0v) is 18.7. The maximum absolute atomic E-state index is 15.5.